The molecule has 1 aliphatic rings. The number of pyridine rings is 1. The molecule has 5 nitrogen and oxygen atoms in total. The molecule has 1 aromatic heterocycles. The van der Waals surface area contributed by atoms with E-state index in [1.807, 2.05) is 24.0 Å². The topological polar surface area (TPSA) is 62.5 Å². The third kappa shape index (κ3) is 3.59. The highest BCUT2D eigenvalue weighted by Gasteiger charge is 2.18. The summed E-state index contributed by atoms with van der Waals surface area (Å²) in [6.07, 6.45) is 4.24. The van der Waals surface area contributed by atoms with E-state index in [1.165, 1.54) is 0 Å². The molecule has 0 atom stereocenters. The lowest BCUT2D eigenvalue weighted by atomic mass is 10.3. The molecule has 0 aromatic carbocycles. The van der Waals surface area contributed by atoms with Crippen LogP contribution in [0.3, 0.4) is 0 Å². The van der Waals surface area contributed by atoms with Gasteiger partial charge in [0.1, 0.15) is 5.82 Å². The number of carbonyl (C=O) groups is 1. The van der Waals surface area contributed by atoms with Gasteiger partial charge in [0.25, 0.3) is 0 Å². The lowest BCUT2D eigenvalue weighted by Gasteiger charge is -2.22. The number of nitrogens with zero attached hydrogens (tertiary/aromatic N) is 3. The van der Waals surface area contributed by atoms with Gasteiger partial charge in [0, 0.05) is 32.6 Å². The number of hydrogen-bond acceptors (Lipinski definition) is 4. The molecule has 1 aliphatic heterocycles. The van der Waals surface area contributed by atoms with Crippen molar-refractivity contribution < 1.29 is 4.79 Å². The molecule has 5 heteroatoms. The van der Waals surface area contributed by atoms with Crippen LogP contribution in [-0.4, -0.2) is 42.0 Å². The van der Waals surface area contributed by atoms with Crippen molar-refractivity contribution in [2.45, 2.75) is 26.2 Å². The van der Waals surface area contributed by atoms with Crippen molar-refractivity contribution in [2.75, 3.05) is 36.8 Å². The molecule has 0 unspecified atom stereocenters. The molecule has 0 spiro atoms. The fourth-order valence-corrected chi connectivity index (χ4v) is 2.35. The van der Waals surface area contributed by atoms with Gasteiger partial charge in [-0.15, -0.1) is 0 Å². The fraction of sp³-hybridized carbons (Fsp3) is 0.571. The first-order chi connectivity index (χ1) is 9.20. The summed E-state index contributed by atoms with van der Waals surface area (Å²) in [5.41, 5.74) is 6.33. The van der Waals surface area contributed by atoms with Gasteiger partial charge in [-0.25, -0.2) is 4.98 Å². The molecule has 1 fully saturated rings. The molecular weight excluding hydrogens is 240 g/mol. The van der Waals surface area contributed by atoms with E-state index in [0.29, 0.717) is 12.1 Å². The van der Waals surface area contributed by atoms with E-state index >= 15 is 0 Å². The molecule has 1 saturated heterocycles. The van der Waals surface area contributed by atoms with Crippen LogP contribution in [0.4, 0.5) is 11.5 Å². The van der Waals surface area contributed by atoms with Crippen molar-refractivity contribution in [1.29, 1.82) is 0 Å². The van der Waals surface area contributed by atoms with E-state index in [2.05, 4.69) is 9.88 Å². The minimum atomic E-state index is 0.273. The quantitative estimate of drug-likeness (QED) is 0.896. The largest absolute Gasteiger partial charge is 0.397 e. The first-order valence-corrected chi connectivity index (χ1v) is 6.95. The van der Waals surface area contributed by atoms with Gasteiger partial charge in [0.15, 0.2) is 0 Å². The third-order valence-corrected chi connectivity index (χ3v) is 3.41. The molecule has 2 rings (SSSR count). The van der Waals surface area contributed by atoms with Gasteiger partial charge >= 0.3 is 0 Å². The Morgan fingerprint density at radius 2 is 2.16 bits per heavy atom. The number of anilines is 2. The molecule has 19 heavy (non-hydrogen) atoms. The number of nitrogens with two attached hydrogens (primary N) is 1. The van der Waals surface area contributed by atoms with Crippen LogP contribution in [0.1, 0.15) is 26.2 Å². The maximum Gasteiger partial charge on any atom is 0.222 e. The van der Waals surface area contributed by atoms with Gasteiger partial charge in [0.05, 0.1) is 11.9 Å². The van der Waals surface area contributed by atoms with E-state index < -0.39 is 0 Å². The SMILES string of the molecule is CCCC(=O)N1CCCN(c2ccc(N)cn2)CC1. The summed E-state index contributed by atoms with van der Waals surface area (Å²) in [5, 5.41) is 0. The average molecular weight is 262 g/mol. The second-order valence-electron chi connectivity index (χ2n) is 4.92. The van der Waals surface area contributed by atoms with Crippen molar-refractivity contribution in [3.05, 3.63) is 18.3 Å². The molecule has 0 bridgehead atoms. The van der Waals surface area contributed by atoms with Crippen molar-refractivity contribution in [1.82, 2.24) is 9.88 Å². The van der Waals surface area contributed by atoms with Crippen LogP contribution in [0.25, 0.3) is 0 Å². The van der Waals surface area contributed by atoms with Crippen LogP contribution in [0, 0.1) is 0 Å². The first kappa shape index (κ1) is 13.6. The van der Waals surface area contributed by atoms with Crippen LogP contribution in [0.2, 0.25) is 0 Å². The fourth-order valence-electron chi connectivity index (χ4n) is 2.35. The van der Waals surface area contributed by atoms with E-state index in [0.717, 1.165) is 44.8 Å². The van der Waals surface area contributed by atoms with Crippen molar-refractivity contribution in [3.63, 3.8) is 0 Å². The van der Waals surface area contributed by atoms with Crippen LogP contribution in [0.15, 0.2) is 18.3 Å². The van der Waals surface area contributed by atoms with Gasteiger partial charge in [-0.2, -0.15) is 0 Å². The van der Waals surface area contributed by atoms with Crippen LogP contribution in [0.5, 0.6) is 0 Å². The van der Waals surface area contributed by atoms with E-state index in [1.54, 1.807) is 6.20 Å². The normalized spacial score (nSPS) is 16.3. The molecular formula is C14H22N4O. The van der Waals surface area contributed by atoms with Crippen LogP contribution in [-0.2, 0) is 4.79 Å². The number of carbonyl (C=O) groups excluding carboxylic acids is 1. The van der Waals surface area contributed by atoms with Gasteiger partial charge < -0.3 is 15.5 Å². The summed E-state index contributed by atoms with van der Waals surface area (Å²) >= 11 is 0. The minimum Gasteiger partial charge on any atom is -0.397 e. The van der Waals surface area contributed by atoms with Gasteiger partial charge in [-0.1, -0.05) is 6.92 Å². The second kappa shape index (κ2) is 6.41. The van der Waals surface area contributed by atoms with E-state index in [4.69, 9.17) is 5.73 Å². The molecule has 2 N–H and O–H groups in total. The maximum absolute atomic E-state index is 11.9. The Balaban J connectivity index is 1.96. The summed E-state index contributed by atoms with van der Waals surface area (Å²) in [4.78, 5) is 20.5. The number of rotatable bonds is 3. The summed E-state index contributed by atoms with van der Waals surface area (Å²) in [5.74, 6) is 1.22. The summed E-state index contributed by atoms with van der Waals surface area (Å²) in [6.45, 7) is 5.45. The van der Waals surface area contributed by atoms with E-state index in [-0.39, 0.29) is 5.91 Å². The van der Waals surface area contributed by atoms with Crippen molar-refractivity contribution >= 4 is 17.4 Å². The minimum absolute atomic E-state index is 0.273. The molecule has 0 saturated carbocycles. The maximum atomic E-state index is 11.9. The summed E-state index contributed by atoms with van der Waals surface area (Å²) in [6, 6.07) is 3.81. The molecule has 1 aromatic rings. The Morgan fingerprint density at radius 3 is 2.84 bits per heavy atom. The zero-order chi connectivity index (χ0) is 13.7. The predicted octanol–water partition coefficient (Wildman–Crippen LogP) is 1.50. The van der Waals surface area contributed by atoms with E-state index in [9.17, 15) is 4.79 Å². The zero-order valence-electron chi connectivity index (χ0n) is 11.5. The molecule has 2 heterocycles. The van der Waals surface area contributed by atoms with Gasteiger partial charge in [-0.3, -0.25) is 4.79 Å². The summed E-state index contributed by atoms with van der Waals surface area (Å²) < 4.78 is 0. The average Bonchev–Trinajstić information content (AvgIpc) is 2.66. The number of hydrogen-bond donors (Lipinski definition) is 1. The smallest absolute Gasteiger partial charge is 0.222 e. The number of amides is 1. The van der Waals surface area contributed by atoms with Crippen molar-refractivity contribution in [3.8, 4) is 0 Å². The monoisotopic (exact) mass is 262 g/mol. The highest BCUT2D eigenvalue weighted by molar-refractivity contribution is 5.76. The van der Waals surface area contributed by atoms with Crippen LogP contribution < -0.4 is 10.6 Å². The van der Waals surface area contributed by atoms with Crippen molar-refractivity contribution in [2.24, 2.45) is 0 Å². The standard InChI is InChI=1S/C14H22N4O/c1-2-4-14(19)18-8-3-7-17(9-10-18)13-6-5-12(15)11-16-13/h5-6,11H,2-4,7-10,15H2,1H3. The lowest BCUT2D eigenvalue weighted by molar-refractivity contribution is -0.131. The van der Waals surface area contributed by atoms with Gasteiger partial charge in [0.2, 0.25) is 5.91 Å². The van der Waals surface area contributed by atoms with Crippen LogP contribution >= 0.6 is 0 Å². The second-order valence-corrected chi connectivity index (χ2v) is 4.92. The van der Waals surface area contributed by atoms with Gasteiger partial charge in [-0.05, 0) is 25.0 Å². The Morgan fingerprint density at radius 1 is 1.32 bits per heavy atom. The lowest BCUT2D eigenvalue weighted by Crippen LogP contribution is -2.35. The Kier molecular flexibility index (Phi) is 4.60. The summed E-state index contributed by atoms with van der Waals surface area (Å²) in [7, 11) is 0. The first-order valence-electron chi connectivity index (χ1n) is 6.95. The zero-order valence-corrected chi connectivity index (χ0v) is 11.5. The number of aromatic nitrogens is 1. The molecule has 104 valence electrons. The number of nitrogen functional groups attached to an aromatic ring is 1. The Bertz CT molecular complexity index is 418. The Hall–Kier alpha value is -1.78. The third-order valence-electron chi connectivity index (χ3n) is 3.41. The molecule has 0 aliphatic carbocycles. The highest BCUT2D eigenvalue weighted by atomic mass is 16.2. The molecule has 1 amide bonds. The molecule has 0 radical (unpaired) electrons. The highest BCUT2D eigenvalue weighted by Crippen LogP contribution is 2.15. The predicted molar refractivity (Wildman–Crippen MR) is 77.0 cm³/mol. The Labute approximate surface area is 114 Å².